The normalized spacial score (nSPS) is 27.9. The summed E-state index contributed by atoms with van der Waals surface area (Å²) in [6, 6.07) is -0.291. The molecule has 2 amide bonds. The number of aliphatic carboxylic acids is 1. The first kappa shape index (κ1) is 15.1. The van der Waals surface area contributed by atoms with Gasteiger partial charge in [-0.2, -0.15) is 0 Å². The van der Waals surface area contributed by atoms with Gasteiger partial charge in [0.25, 0.3) is 0 Å². The van der Waals surface area contributed by atoms with E-state index in [1.54, 1.807) is 9.80 Å². The summed E-state index contributed by atoms with van der Waals surface area (Å²) in [6.45, 7) is 5.91. The third-order valence-electron chi connectivity index (χ3n) is 4.38. The van der Waals surface area contributed by atoms with Gasteiger partial charge < -0.3 is 20.0 Å². The Bertz CT molecular complexity index is 369. The topological polar surface area (TPSA) is 84.3 Å². The Morgan fingerprint density at radius 3 is 2.30 bits per heavy atom. The lowest BCUT2D eigenvalue weighted by Gasteiger charge is -2.37. The fourth-order valence-corrected chi connectivity index (χ4v) is 3.03. The number of urea groups is 1. The van der Waals surface area contributed by atoms with Gasteiger partial charge in [0.15, 0.2) is 0 Å². The van der Waals surface area contributed by atoms with Gasteiger partial charge >= 0.3 is 12.0 Å². The van der Waals surface area contributed by atoms with Gasteiger partial charge in [0.2, 0.25) is 0 Å². The largest absolute Gasteiger partial charge is 0.481 e. The van der Waals surface area contributed by atoms with Crippen LogP contribution >= 0.6 is 0 Å². The molecule has 2 fully saturated rings. The maximum Gasteiger partial charge on any atom is 0.320 e. The monoisotopic (exact) mass is 285 g/mol. The van der Waals surface area contributed by atoms with Gasteiger partial charge in [-0.25, -0.2) is 4.79 Å². The molecule has 2 rings (SSSR count). The summed E-state index contributed by atoms with van der Waals surface area (Å²) in [4.78, 5) is 29.1. The van der Waals surface area contributed by atoms with Crippen LogP contribution in [0, 0.1) is 5.92 Å². The first-order chi connectivity index (χ1) is 9.54. The van der Waals surface area contributed by atoms with E-state index in [0.29, 0.717) is 32.6 Å². The van der Waals surface area contributed by atoms with E-state index in [0.717, 1.165) is 13.1 Å². The van der Waals surface area contributed by atoms with Crippen molar-refractivity contribution >= 4 is 12.0 Å². The highest BCUT2D eigenvalue weighted by Crippen LogP contribution is 2.25. The number of carbonyl (C=O) groups excluding carboxylic acids is 1. The van der Waals surface area contributed by atoms with Crippen LogP contribution in [-0.2, 0) is 4.79 Å². The average Bonchev–Trinajstić information content (AvgIpc) is 2.81. The smallest absolute Gasteiger partial charge is 0.320 e. The molecule has 2 aliphatic rings. The molecule has 0 saturated carbocycles. The number of carbonyl (C=O) groups is 2. The summed E-state index contributed by atoms with van der Waals surface area (Å²) >= 11 is 0. The van der Waals surface area contributed by atoms with Crippen molar-refractivity contribution in [3.05, 3.63) is 0 Å². The average molecular weight is 285 g/mol. The summed E-state index contributed by atoms with van der Waals surface area (Å²) in [5, 5.41) is 18.0. The molecule has 2 N–H and O–H groups in total. The van der Waals surface area contributed by atoms with Crippen LogP contribution in [0.4, 0.5) is 4.79 Å². The molecule has 20 heavy (non-hydrogen) atoms. The molecule has 114 valence electrons. The summed E-state index contributed by atoms with van der Waals surface area (Å²) < 4.78 is 0. The molecule has 2 heterocycles. The second-order valence-corrected chi connectivity index (χ2v) is 5.50. The van der Waals surface area contributed by atoms with Gasteiger partial charge in [0.1, 0.15) is 0 Å². The van der Waals surface area contributed by atoms with E-state index in [-0.39, 0.29) is 18.7 Å². The molecule has 0 radical (unpaired) electrons. The van der Waals surface area contributed by atoms with Crippen molar-refractivity contribution in [3.63, 3.8) is 0 Å². The van der Waals surface area contributed by atoms with Gasteiger partial charge in [0, 0.05) is 45.3 Å². The number of carboxylic acid groups (broad SMARTS) is 1. The fraction of sp³-hybridized carbons (Fsp3) is 0.846. The number of hydrogen-bond donors (Lipinski definition) is 2. The quantitative estimate of drug-likeness (QED) is 0.731. The van der Waals surface area contributed by atoms with Crippen LogP contribution in [0.3, 0.4) is 0 Å². The highest BCUT2D eigenvalue weighted by Gasteiger charge is 2.39. The summed E-state index contributed by atoms with van der Waals surface area (Å²) in [5.74, 6) is -1.27. The number of piperazine rings is 1. The second-order valence-electron chi connectivity index (χ2n) is 5.50. The summed E-state index contributed by atoms with van der Waals surface area (Å²) in [6.07, 6.45) is 0.534. The lowest BCUT2D eigenvalue weighted by atomic mass is 10.0. The third-order valence-corrected chi connectivity index (χ3v) is 4.38. The van der Waals surface area contributed by atoms with Crippen molar-refractivity contribution in [3.8, 4) is 0 Å². The number of aliphatic hydroxyl groups excluding tert-OH is 1. The van der Waals surface area contributed by atoms with Gasteiger partial charge in [-0.05, 0) is 13.3 Å². The van der Waals surface area contributed by atoms with E-state index in [1.165, 1.54) is 0 Å². The Morgan fingerprint density at radius 2 is 1.80 bits per heavy atom. The number of aliphatic hydroxyl groups is 1. The van der Waals surface area contributed by atoms with Crippen LogP contribution in [-0.4, -0.2) is 88.8 Å². The van der Waals surface area contributed by atoms with Crippen LogP contribution in [0.2, 0.25) is 0 Å². The van der Waals surface area contributed by atoms with Crippen LogP contribution < -0.4 is 0 Å². The van der Waals surface area contributed by atoms with E-state index in [4.69, 9.17) is 10.2 Å². The predicted molar refractivity (Wildman–Crippen MR) is 72.4 cm³/mol. The number of carboxylic acids is 1. The van der Waals surface area contributed by atoms with Crippen LogP contribution in [0.15, 0.2) is 0 Å². The van der Waals surface area contributed by atoms with Crippen molar-refractivity contribution in [2.45, 2.75) is 19.4 Å². The lowest BCUT2D eigenvalue weighted by molar-refractivity contribution is -0.142. The van der Waals surface area contributed by atoms with Crippen LogP contribution in [0.5, 0.6) is 0 Å². The van der Waals surface area contributed by atoms with Crippen LogP contribution in [0.25, 0.3) is 0 Å². The van der Waals surface area contributed by atoms with Gasteiger partial charge in [-0.15, -0.1) is 0 Å². The van der Waals surface area contributed by atoms with Crippen molar-refractivity contribution in [2.75, 3.05) is 45.9 Å². The molecule has 0 spiro atoms. The van der Waals surface area contributed by atoms with Crippen molar-refractivity contribution in [2.24, 2.45) is 5.92 Å². The highest BCUT2D eigenvalue weighted by molar-refractivity contribution is 5.78. The molecule has 0 aromatic carbocycles. The Kier molecular flexibility index (Phi) is 4.82. The number of likely N-dealkylation sites (tertiary alicyclic amines) is 1. The Hall–Kier alpha value is -1.34. The molecule has 0 aromatic heterocycles. The minimum Gasteiger partial charge on any atom is -0.481 e. The van der Waals surface area contributed by atoms with Gasteiger partial charge in [-0.1, -0.05) is 0 Å². The molecule has 7 heteroatoms. The minimum atomic E-state index is -0.819. The first-order valence-corrected chi connectivity index (χ1v) is 7.16. The highest BCUT2D eigenvalue weighted by atomic mass is 16.4. The molecule has 2 unspecified atom stereocenters. The molecule has 0 aromatic rings. The SMILES string of the molecule is CC1C(C(=O)O)CCN1C(=O)N1CCN(CCO)CC1. The van der Waals surface area contributed by atoms with E-state index < -0.39 is 11.9 Å². The van der Waals surface area contributed by atoms with Crippen molar-refractivity contribution < 1.29 is 19.8 Å². The zero-order valence-electron chi connectivity index (χ0n) is 11.9. The Balaban J connectivity index is 1.88. The molecule has 2 saturated heterocycles. The van der Waals surface area contributed by atoms with Gasteiger partial charge in [0.05, 0.1) is 12.5 Å². The molecular weight excluding hydrogens is 262 g/mol. The number of β-amino-alcohol motifs (C(OH)–C–C–N with tert-alkyl or cyclic N) is 1. The first-order valence-electron chi connectivity index (χ1n) is 7.16. The minimum absolute atomic E-state index is 0.0510. The lowest BCUT2D eigenvalue weighted by Crippen LogP contribution is -2.54. The third kappa shape index (κ3) is 3.04. The summed E-state index contributed by atoms with van der Waals surface area (Å²) in [5.41, 5.74) is 0. The molecule has 2 atom stereocenters. The number of hydrogen-bond acceptors (Lipinski definition) is 4. The number of rotatable bonds is 3. The van der Waals surface area contributed by atoms with E-state index in [9.17, 15) is 9.59 Å². The number of amides is 2. The molecule has 7 nitrogen and oxygen atoms in total. The maximum absolute atomic E-state index is 12.4. The standard InChI is InChI=1S/C13H23N3O4/c1-10-11(12(18)19)2-3-16(10)13(20)15-6-4-14(5-7-15)8-9-17/h10-11,17H,2-9H2,1H3,(H,18,19). The van der Waals surface area contributed by atoms with E-state index >= 15 is 0 Å². The van der Waals surface area contributed by atoms with Crippen molar-refractivity contribution in [1.82, 2.24) is 14.7 Å². The molecular formula is C13H23N3O4. The summed E-state index contributed by atoms with van der Waals surface area (Å²) in [7, 11) is 0. The molecule has 2 aliphatic heterocycles. The predicted octanol–water partition coefficient (Wildman–Crippen LogP) is -0.489. The zero-order valence-corrected chi connectivity index (χ0v) is 11.9. The Labute approximate surface area is 118 Å². The van der Waals surface area contributed by atoms with E-state index in [2.05, 4.69) is 4.90 Å². The number of nitrogens with zero attached hydrogens (tertiary/aromatic N) is 3. The Morgan fingerprint density at radius 1 is 1.15 bits per heavy atom. The van der Waals surface area contributed by atoms with Crippen molar-refractivity contribution in [1.29, 1.82) is 0 Å². The maximum atomic E-state index is 12.4. The fourth-order valence-electron chi connectivity index (χ4n) is 3.03. The molecule has 0 aliphatic carbocycles. The second kappa shape index (κ2) is 6.41. The zero-order chi connectivity index (χ0) is 14.7. The van der Waals surface area contributed by atoms with E-state index in [1.807, 2.05) is 6.92 Å². The van der Waals surface area contributed by atoms with Crippen LogP contribution in [0.1, 0.15) is 13.3 Å². The van der Waals surface area contributed by atoms with Gasteiger partial charge in [-0.3, -0.25) is 9.69 Å². The molecule has 0 bridgehead atoms.